The second kappa shape index (κ2) is 8.79. The standard InChI is InChI=1S/C15H24N2O3S/c1-10(14(16)19)4-5-11(15(17)20)9-12(18)6-7-13-3-2-8-21-13/h2-3,8,10-12,18H,4-7,9H2,1H3,(H2,16,19)(H2,17,20)/t10?,11-,12+/m1/s1. The van der Waals surface area contributed by atoms with Crippen molar-refractivity contribution in [1.29, 1.82) is 0 Å². The van der Waals surface area contributed by atoms with Gasteiger partial charge >= 0.3 is 0 Å². The smallest absolute Gasteiger partial charge is 0.220 e. The van der Waals surface area contributed by atoms with Crippen LogP contribution in [0.25, 0.3) is 0 Å². The molecular formula is C15H24N2O3S. The zero-order valence-corrected chi connectivity index (χ0v) is 13.1. The summed E-state index contributed by atoms with van der Waals surface area (Å²) in [6.45, 7) is 1.73. The molecule has 2 amide bonds. The van der Waals surface area contributed by atoms with E-state index in [0.717, 1.165) is 6.42 Å². The van der Waals surface area contributed by atoms with Crippen LogP contribution in [0.15, 0.2) is 17.5 Å². The number of rotatable bonds is 10. The highest BCUT2D eigenvalue weighted by molar-refractivity contribution is 7.09. The molecule has 0 spiro atoms. The summed E-state index contributed by atoms with van der Waals surface area (Å²) < 4.78 is 0. The molecule has 5 nitrogen and oxygen atoms in total. The van der Waals surface area contributed by atoms with E-state index in [1.807, 2.05) is 17.5 Å². The van der Waals surface area contributed by atoms with E-state index in [2.05, 4.69) is 0 Å². The summed E-state index contributed by atoms with van der Waals surface area (Å²) >= 11 is 1.65. The maximum Gasteiger partial charge on any atom is 0.220 e. The van der Waals surface area contributed by atoms with E-state index in [4.69, 9.17) is 11.5 Å². The predicted octanol–water partition coefficient (Wildman–Crippen LogP) is 1.43. The lowest BCUT2D eigenvalue weighted by Crippen LogP contribution is -2.29. The number of thiophene rings is 1. The SMILES string of the molecule is CC(CC[C@H](C[C@@H](O)CCc1cccs1)C(N)=O)C(N)=O. The van der Waals surface area contributed by atoms with Gasteiger partial charge in [0.2, 0.25) is 11.8 Å². The lowest BCUT2D eigenvalue weighted by atomic mass is 9.90. The van der Waals surface area contributed by atoms with Gasteiger partial charge in [0.15, 0.2) is 0 Å². The largest absolute Gasteiger partial charge is 0.393 e. The molecule has 1 rings (SSSR count). The summed E-state index contributed by atoms with van der Waals surface area (Å²) in [6, 6.07) is 4.00. The lowest BCUT2D eigenvalue weighted by molar-refractivity contribution is -0.125. The number of amides is 2. The van der Waals surface area contributed by atoms with Crippen molar-refractivity contribution in [3.63, 3.8) is 0 Å². The van der Waals surface area contributed by atoms with Crippen molar-refractivity contribution in [3.8, 4) is 0 Å². The monoisotopic (exact) mass is 312 g/mol. The van der Waals surface area contributed by atoms with E-state index in [0.29, 0.717) is 25.7 Å². The fourth-order valence-electron chi connectivity index (χ4n) is 2.18. The number of aliphatic hydroxyl groups excluding tert-OH is 1. The molecule has 1 aromatic heterocycles. The van der Waals surface area contributed by atoms with Gasteiger partial charge in [0.1, 0.15) is 0 Å². The van der Waals surface area contributed by atoms with E-state index >= 15 is 0 Å². The number of carbonyl (C=O) groups is 2. The lowest BCUT2D eigenvalue weighted by Gasteiger charge is -2.18. The van der Waals surface area contributed by atoms with Gasteiger partial charge in [0.25, 0.3) is 0 Å². The third-order valence-corrected chi connectivity index (χ3v) is 4.63. The number of aryl methyl sites for hydroxylation is 1. The first-order valence-corrected chi connectivity index (χ1v) is 8.07. The van der Waals surface area contributed by atoms with Crippen molar-refractivity contribution in [1.82, 2.24) is 0 Å². The van der Waals surface area contributed by atoms with E-state index in [1.165, 1.54) is 4.88 Å². The summed E-state index contributed by atoms with van der Waals surface area (Å²) in [6.07, 6.45) is 2.17. The molecule has 0 saturated carbocycles. The van der Waals surface area contributed by atoms with Crippen LogP contribution in [0.4, 0.5) is 0 Å². The number of hydrogen-bond acceptors (Lipinski definition) is 4. The second-order valence-electron chi connectivity index (χ2n) is 5.49. The van der Waals surface area contributed by atoms with Crippen LogP contribution in [0.3, 0.4) is 0 Å². The highest BCUT2D eigenvalue weighted by atomic mass is 32.1. The maximum atomic E-state index is 11.4. The Balaban J connectivity index is 2.38. The van der Waals surface area contributed by atoms with Crippen molar-refractivity contribution < 1.29 is 14.7 Å². The van der Waals surface area contributed by atoms with Crippen molar-refractivity contribution in [2.45, 2.75) is 45.1 Å². The third kappa shape index (κ3) is 6.73. The van der Waals surface area contributed by atoms with Crippen LogP contribution in [-0.4, -0.2) is 23.0 Å². The zero-order chi connectivity index (χ0) is 15.8. The number of carbonyl (C=O) groups excluding carboxylic acids is 2. The molecule has 0 aliphatic rings. The van der Waals surface area contributed by atoms with Crippen molar-refractivity contribution >= 4 is 23.2 Å². The molecule has 0 saturated heterocycles. The van der Waals surface area contributed by atoms with Crippen molar-refractivity contribution in [3.05, 3.63) is 22.4 Å². The minimum Gasteiger partial charge on any atom is -0.393 e. The van der Waals surface area contributed by atoms with Gasteiger partial charge in [-0.2, -0.15) is 0 Å². The Hall–Kier alpha value is -1.40. The van der Waals surface area contributed by atoms with Crippen LogP contribution in [0.5, 0.6) is 0 Å². The number of hydrogen-bond donors (Lipinski definition) is 3. The molecule has 1 aromatic rings. The van der Waals surface area contributed by atoms with Gasteiger partial charge in [0.05, 0.1) is 6.10 Å². The molecule has 0 aliphatic heterocycles. The number of nitrogens with two attached hydrogens (primary N) is 2. The van der Waals surface area contributed by atoms with E-state index in [1.54, 1.807) is 18.3 Å². The summed E-state index contributed by atoms with van der Waals surface area (Å²) in [7, 11) is 0. The second-order valence-corrected chi connectivity index (χ2v) is 6.52. The van der Waals surface area contributed by atoms with Gasteiger partial charge in [0, 0.05) is 16.7 Å². The summed E-state index contributed by atoms with van der Waals surface area (Å²) in [4.78, 5) is 23.7. The molecule has 3 atom stereocenters. The Morgan fingerprint density at radius 1 is 1.24 bits per heavy atom. The van der Waals surface area contributed by atoms with Crippen molar-refractivity contribution in [2.24, 2.45) is 23.3 Å². The molecule has 1 heterocycles. The van der Waals surface area contributed by atoms with Gasteiger partial charge in [-0.3, -0.25) is 9.59 Å². The highest BCUT2D eigenvalue weighted by Crippen LogP contribution is 2.20. The highest BCUT2D eigenvalue weighted by Gasteiger charge is 2.21. The minimum absolute atomic E-state index is 0.282. The maximum absolute atomic E-state index is 11.4. The molecule has 118 valence electrons. The number of aliphatic hydroxyl groups is 1. The Morgan fingerprint density at radius 2 is 1.95 bits per heavy atom. The molecule has 1 unspecified atom stereocenters. The Morgan fingerprint density at radius 3 is 2.48 bits per heavy atom. The van der Waals surface area contributed by atoms with Crippen LogP contribution < -0.4 is 11.5 Å². The molecule has 21 heavy (non-hydrogen) atoms. The molecule has 0 radical (unpaired) electrons. The van der Waals surface area contributed by atoms with Crippen LogP contribution >= 0.6 is 11.3 Å². The van der Waals surface area contributed by atoms with Crippen LogP contribution in [0.1, 0.15) is 37.5 Å². The van der Waals surface area contributed by atoms with Gasteiger partial charge in [-0.1, -0.05) is 13.0 Å². The summed E-state index contributed by atoms with van der Waals surface area (Å²) in [5.41, 5.74) is 10.6. The van der Waals surface area contributed by atoms with Crippen LogP contribution in [0.2, 0.25) is 0 Å². The van der Waals surface area contributed by atoms with Gasteiger partial charge in [-0.25, -0.2) is 0 Å². The molecule has 6 heteroatoms. The Kier molecular flexibility index (Phi) is 7.39. The van der Waals surface area contributed by atoms with E-state index < -0.39 is 17.9 Å². The predicted molar refractivity (Wildman–Crippen MR) is 83.5 cm³/mol. The summed E-state index contributed by atoms with van der Waals surface area (Å²) in [5.74, 6) is -1.50. The molecule has 5 N–H and O–H groups in total. The molecule has 0 bridgehead atoms. The first-order valence-electron chi connectivity index (χ1n) is 7.19. The van der Waals surface area contributed by atoms with Crippen LogP contribution in [0, 0.1) is 11.8 Å². The normalized spacial score (nSPS) is 15.3. The summed E-state index contributed by atoms with van der Waals surface area (Å²) in [5, 5.41) is 12.0. The molecule has 0 fully saturated rings. The van der Waals surface area contributed by atoms with E-state index in [9.17, 15) is 14.7 Å². The van der Waals surface area contributed by atoms with Crippen molar-refractivity contribution in [2.75, 3.05) is 0 Å². The molecule has 0 aliphatic carbocycles. The average Bonchev–Trinajstić information content (AvgIpc) is 2.93. The van der Waals surface area contributed by atoms with Crippen LogP contribution in [-0.2, 0) is 16.0 Å². The average molecular weight is 312 g/mol. The number of primary amides is 2. The third-order valence-electron chi connectivity index (χ3n) is 3.70. The van der Waals surface area contributed by atoms with Gasteiger partial charge in [-0.15, -0.1) is 11.3 Å². The zero-order valence-electron chi connectivity index (χ0n) is 12.3. The molecule has 0 aromatic carbocycles. The first kappa shape index (κ1) is 17.7. The topological polar surface area (TPSA) is 106 Å². The molecular weight excluding hydrogens is 288 g/mol. The Labute approximate surface area is 129 Å². The van der Waals surface area contributed by atoms with E-state index in [-0.39, 0.29) is 11.8 Å². The fourth-order valence-corrected chi connectivity index (χ4v) is 2.90. The minimum atomic E-state index is -0.562. The Bertz CT molecular complexity index is 448. The van der Waals surface area contributed by atoms with Gasteiger partial charge < -0.3 is 16.6 Å². The quantitative estimate of drug-likeness (QED) is 0.608. The first-order chi connectivity index (χ1) is 9.90. The fraction of sp³-hybridized carbons (Fsp3) is 0.600. The van der Waals surface area contributed by atoms with Gasteiger partial charge in [-0.05, 0) is 43.6 Å².